The van der Waals surface area contributed by atoms with Crippen molar-refractivity contribution in [2.24, 2.45) is 5.92 Å². The molecule has 0 bridgehead atoms. The van der Waals surface area contributed by atoms with Crippen molar-refractivity contribution in [2.75, 3.05) is 0 Å². The second-order valence-corrected chi connectivity index (χ2v) is 6.03. The average molecular weight is 299 g/mol. The Hall–Kier alpha value is -0.370. The molecule has 1 aliphatic rings. The minimum Gasteiger partial charge on any atom is -0.206 e. The molecule has 1 fully saturated rings. The molecule has 2 rings (SSSR count). The number of hydrogen-bond donors (Lipinski definition) is 0. The largest absolute Gasteiger partial charge is 0.206 e. The molecule has 0 aliphatic heterocycles. The SMILES string of the molecule is CCCC1CCC(c2ccc(Br)c(F)c2)CC1. The van der Waals surface area contributed by atoms with Crippen LogP contribution in [0, 0.1) is 11.7 Å². The van der Waals surface area contributed by atoms with Crippen LogP contribution >= 0.6 is 15.9 Å². The van der Waals surface area contributed by atoms with Crippen LogP contribution in [0.1, 0.15) is 56.9 Å². The first-order valence-electron chi connectivity index (χ1n) is 6.65. The number of rotatable bonds is 3. The third-order valence-electron chi connectivity index (χ3n) is 3.96. The Balaban J connectivity index is 1.98. The van der Waals surface area contributed by atoms with Crippen molar-refractivity contribution >= 4 is 15.9 Å². The highest BCUT2D eigenvalue weighted by molar-refractivity contribution is 9.10. The van der Waals surface area contributed by atoms with E-state index in [0.29, 0.717) is 10.4 Å². The van der Waals surface area contributed by atoms with Crippen molar-refractivity contribution in [3.8, 4) is 0 Å². The molecule has 0 amide bonds. The van der Waals surface area contributed by atoms with Crippen molar-refractivity contribution in [3.63, 3.8) is 0 Å². The maximum Gasteiger partial charge on any atom is 0.137 e. The second-order valence-electron chi connectivity index (χ2n) is 5.18. The summed E-state index contributed by atoms with van der Waals surface area (Å²) in [4.78, 5) is 0. The highest BCUT2D eigenvalue weighted by atomic mass is 79.9. The van der Waals surface area contributed by atoms with Crippen molar-refractivity contribution in [1.29, 1.82) is 0 Å². The molecule has 1 aromatic rings. The summed E-state index contributed by atoms with van der Waals surface area (Å²) in [6.07, 6.45) is 7.74. The van der Waals surface area contributed by atoms with Gasteiger partial charge in [0.05, 0.1) is 4.47 Å². The van der Waals surface area contributed by atoms with Gasteiger partial charge in [-0.3, -0.25) is 0 Å². The van der Waals surface area contributed by atoms with E-state index >= 15 is 0 Å². The predicted octanol–water partition coefficient (Wildman–Crippen LogP) is 5.66. The first-order valence-corrected chi connectivity index (χ1v) is 7.45. The lowest BCUT2D eigenvalue weighted by atomic mass is 9.77. The molecule has 17 heavy (non-hydrogen) atoms. The monoisotopic (exact) mass is 298 g/mol. The molecule has 1 aliphatic carbocycles. The van der Waals surface area contributed by atoms with Gasteiger partial charge in [0.25, 0.3) is 0 Å². The van der Waals surface area contributed by atoms with Crippen LogP contribution in [0.3, 0.4) is 0 Å². The Bertz CT molecular complexity index is 367. The molecule has 0 saturated heterocycles. The summed E-state index contributed by atoms with van der Waals surface area (Å²) in [6.45, 7) is 2.26. The van der Waals surface area contributed by atoms with Crippen LogP contribution in [0.25, 0.3) is 0 Å². The normalized spacial score (nSPS) is 24.9. The quantitative estimate of drug-likeness (QED) is 0.675. The summed E-state index contributed by atoms with van der Waals surface area (Å²) >= 11 is 3.21. The molecule has 0 atom stereocenters. The number of benzene rings is 1. The smallest absolute Gasteiger partial charge is 0.137 e. The molecule has 0 heterocycles. The van der Waals surface area contributed by atoms with Gasteiger partial charge in [-0.1, -0.05) is 25.8 Å². The Kier molecular flexibility index (Phi) is 4.61. The molecule has 0 unspecified atom stereocenters. The standard InChI is InChI=1S/C15H20BrF/c1-2-3-11-4-6-12(7-5-11)13-8-9-14(16)15(17)10-13/h8-12H,2-7H2,1H3. The summed E-state index contributed by atoms with van der Waals surface area (Å²) in [6, 6.07) is 5.61. The van der Waals surface area contributed by atoms with Gasteiger partial charge < -0.3 is 0 Å². The third-order valence-corrected chi connectivity index (χ3v) is 4.60. The fourth-order valence-corrected chi connectivity index (χ4v) is 3.21. The van der Waals surface area contributed by atoms with E-state index in [-0.39, 0.29) is 5.82 Å². The van der Waals surface area contributed by atoms with Gasteiger partial charge in [0.1, 0.15) is 5.82 Å². The third kappa shape index (κ3) is 3.31. The van der Waals surface area contributed by atoms with E-state index in [9.17, 15) is 4.39 Å². The zero-order valence-electron chi connectivity index (χ0n) is 10.4. The second kappa shape index (κ2) is 5.99. The minimum absolute atomic E-state index is 0.127. The van der Waals surface area contributed by atoms with Crippen LogP contribution in [0.15, 0.2) is 22.7 Å². The zero-order valence-corrected chi connectivity index (χ0v) is 12.0. The summed E-state index contributed by atoms with van der Waals surface area (Å²) in [5.41, 5.74) is 1.18. The fourth-order valence-electron chi connectivity index (χ4n) is 2.96. The van der Waals surface area contributed by atoms with E-state index in [4.69, 9.17) is 0 Å². The summed E-state index contributed by atoms with van der Waals surface area (Å²) < 4.78 is 14.1. The Morgan fingerprint density at radius 2 is 1.94 bits per heavy atom. The molecule has 94 valence electrons. The highest BCUT2D eigenvalue weighted by Gasteiger charge is 2.22. The van der Waals surface area contributed by atoms with Crippen molar-refractivity contribution in [2.45, 2.75) is 51.4 Å². The molecule has 0 nitrogen and oxygen atoms in total. The summed E-state index contributed by atoms with van der Waals surface area (Å²) in [5, 5.41) is 0. The van der Waals surface area contributed by atoms with Crippen LogP contribution in [0.4, 0.5) is 4.39 Å². The number of halogens is 2. The predicted molar refractivity (Wildman–Crippen MR) is 73.7 cm³/mol. The molecule has 0 spiro atoms. The lowest BCUT2D eigenvalue weighted by molar-refractivity contribution is 0.308. The van der Waals surface area contributed by atoms with Crippen LogP contribution in [0.5, 0.6) is 0 Å². The number of hydrogen-bond acceptors (Lipinski definition) is 0. The molecule has 0 N–H and O–H groups in total. The van der Waals surface area contributed by atoms with E-state index in [1.165, 1.54) is 44.1 Å². The molecular weight excluding hydrogens is 279 g/mol. The Labute approximate surface area is 112 Å². The average Bonchev–Trinajstić information content (AvgIpc) is 2.34. The van der Waals surface area contributed by atoms with E-state index in [1.807, 2.05) is 6.07 Å². The Morgan fingerprint density at radius 3 is 2.53 bits per heavy atom. The fraction of sp³-hybridized carbons (Fsp3) is 0.600. The van der Waals surface area contributed by atoms with Gasteiger partial charge in [0, 0.05) is 0 Å². The van der Waals surface area contributed by atoms with E-state index in [1.54, 1.807) is 6.07 Å². The van der Waals surface area contributed by atoms with Gasteiger partial charge >= 0.3 is 0 Å². The Morgan fingerprint density at radius 1 is 1.24 bits per heavy atom. The molecule has 0 radical (unpaired) electrons. The van der Waals surface area contributed by atoms with Crippen LogP contribution in [0.2, 0.25) is 0 Å². The highest BCUT2D eigenvalue weighted by Crippen LogP contribution is 2.38. The van der Waals surface area contributed by atoms with Crippen molar-refractivity contribution < 1.29 is 4.39 Å². The lowest BCUT2D eigenvalue weighted by Crippen LogP contribution is -2.13. The topological polar surface area (TPSA) is 0 Å². The van der Waals surface area contributed by atoms with Crippen LogP contribution in [-0.4, -0.2) is 0 Å². The molecular formula is C15H20BrF. The molecule has 0 aromatic heterocycles. The minimum atomic E-state index is -0.127. The first kappa shape index (κ1) is 13.1. The molecule has 1 aromatic carbocycles. The van der Waals surface area contributed by atoms with E-state index < -0.39 is 0 Å². The van der Waals surface area contributed by atoms with Crippen molar-refractivity contribution in [3.05, 3.63) is 34.1 Å². The maximum atomic E-state index is 13.5. The van der Waals surface area contributed by atoms with Crippen LogP contribution in [-0.2, 0) is 0 Å². The van der Waals surface area contributed by atoms with Gasteiger partial charge in [-0.05, 0) is 71.1 Å². The van der Waals surface area contributed by atoms with Gasteiger partial charge in [0.2, 0.25) is 0 Å². The van der Waals surface area contributed by atoms with E-state index in [0.717, 1.165) is 5.92 Å². The van der Waals surface area contributed by atoms with E-state index in [2.05, 4.69) is 28.9 Å². The van der Waals surface area contributed by atoms with Gasteiger partial charge in [-0.25, -0.2) is 4.39 Å². The van der Waals surface area contributed by atoms with Crippen molar-refractivity contribution in [1.82, 2.24) is 0 Å². The zero-order chi connectivity index (χ0) is 12.3. The summed E-state index contributed by atoms with van der Waals surface area (Å²) in [7, 11) is 0. The molecule has 2 heteroatoms. The van der Waals surface area contributed by atoms with Gasteiger partial charge in [-0.15, -0.1) is 0 Å². The van der Waals surface area contributed by atoms with Gasteiger partial charge in [0.15, 0.2) is 0 Å². The molecule has 1 saturated carbocycles. The summed E-state index contributed by atoms with van der Waals surface area (Å²) in [5.74, 6) is 1.36. The lowest BCUT2D eigenvalue weighted by Gasteiger charge is -2.28. The van der Waals surface area contributed by atoms with Gasteiger partial charge in [-0.2, -0.15) is 0 Å². The first-order chi connectivity index (χ1) is 8.20. The maximum absolute atomic E-state index is 13.5. The van der Waals surface area contributed by atoms with Crippen LogP contribution < -0.4 is 0 Å².